The monoisotopic (exact) mass is 608 g/mol. The zero-order valence-corrected chi connectivity index (χ0v) is 28.8. The molecule has 0 bridgehead atoms. The number of aromatic nitrogens is 2. The standard InChI is InChI=1S/C44H41BN2/c1-26-21-28(3)41(29(4)22-26)45(42-30(5)23-27(2)24-31(42)6)32-17-20-39(46-25-32)47-38-16-12-10-14-34(38)36-19-18-35-33-13-9-11-15-37(33)44(7,8)40(35)43(36)47/h9-25H,1-8H3. The van der Waals surface area contributed by atoms with Gasteiger partial charge in [-0.1, -0.05) is 149 Å². The van der Waals surface area contributed by atoms with Crippen LogP contribution in [-0.4, -0.2) is 16.3 Å². The molecule has 8 rings (SSSR count). The van der Waals surface area contributed by atoms with Crippen molar-refractivity contribution in [1.82, 2.24) is 9.55 Å². The molecule has 0 N–H and O–H groups in total. The third-order valence-corrected chi connectivity index (χ3v) is 10.7. The quantitative estimate of drug-likeness (QED) is 0.183. The fourth-order valence-corrected chi connectivity index (χ4v) is 9.02. The summed E-state index contributed by atoms with van der Waals surface area (Å²) in [6.45, 7) is 18.3. The van der Waals surface area contributed by atoms with Crippen LogP contribution in [0.2, 0.25) is 0 Å². The molecule has 0 aliphatic heterocycles. The SMILES string of the molecule is Cc1cc(C)c(B(c2ccc(-n3c4ccccc4c4ccc5c(c43)C(C)(C)c3ccccc3-5)nc2)c2c(C)cc(C)cc2C)c(C)c1. The number of hydrogen-bond acceptors (Lipinski definition) is 1. The third kappa shape index (κ3) is 4.36. The first-order valence-electron chi connectivity index (χ1n) is 16.8. The first-order chi connectivity index (χ1) is 22.6. The molecule has 3 heteroatoms. The number of rotatable bonds is 4. The minimum absolute atomic E-state index is 0.0913. The number of aryl methyl sites for hydroxylation is 6. The lowest BCUT2D eigenvalue weighted by atomic mass is 9.34. The van der Waals surface area contributed by atoms with Gasteiger partial charge in [-0.2, -0.15) is 0 Å². The summed E-state index contributed by atoms with van der Waals surface area (Å²) in [7, 11) is 0. The zero-order chi connectivity index (χ0) is 32.8. The predicted octanol–water partition coefficient (Wildman–Crippen LogP) is 8.85. The van der Waals surface area contributed by atoms with Crippen LogP contribution in [0.3, 0.4) is 0 Å². The lowest BCUT2D eigenvalue weighted by Crippen LogP contribution is -2.56. The Morgan fingerprint density at radius 3 is 1.81 bits per heavy atom. The Morgan fingerprint density at radius 1 is 0.596 bits per heavy atom. The highest BCUT2D eigenvalue weighted by molar-refractivity contribution is 6.96. The van der Waals surface area contributed by atoms with Gasteiger partial charge >= 0.3 is 0 Å². The zero-order valence-electron chi connectivity index (χ0n) is 28.8. The molecule has 1 aliphatic carbocycles. The number of benzene rings is 5. The van der Waals surface area contributed by atoms with E-state index in [4.69, 9.17) is 4.98 Å². The molecule has 0 saturated heterocycles. The summed E-state index contributed by atoms with van der Waals surface area (Å²) in [5.41, 5.74) is 19.7. The van der Waals surface area contributed by atoms with Crippen molar-refractivity contribution in [2.24, 2.45) is 0 Å². The van der Waals surface area contributed by atoms with Crippen molar-refractivity contribution in [1.29, 1.82) is 0 Å². The van der Waals surface area contributed by atoms with E-state index in [1.165, 1.54) is 93.8 Å². The highest BCUT2D eigenvalue weighted by Gasteiger charge is 2.38. The Balaban J connectivity index is 1.38. The fourth-order valence-electron chi connectivity index (χ4n) is 9.02. The molecule has 7 aromatic rings. The van der Waals surface area contributed by atoms with E-state index in [9.17, 15) is 0 Å². The molecule has 0 unspecified atom stereocenters. The second-order valence-corrected chi connectivity index (χ2v) is 14.4. The van der Waals surface area contributed by atoms with Crippen molar-refractivity contribution in [2.75, 3.05) is 0 Å². The number of fused-ring (bicyclic) bond motifs is 7. The maximum absolute atomic E-state index is 5.33. The fraction of sp³-hybridized carbons (Fsp3) is 0.205. The number of nitrogens with zero attached hydrogens (tertiary/aromatic N) is 2. The molecule has 0 atom stereocenters. The van der Waals surface area contributed by atoms with E-state index in [2.05, 4.69) is 163 Å². The van der Waals surface area contributed by atoms with Crippen LogP contribution >= 0.6 is 0 Å². The minimum Gasteiger partial charge on any atom is -0.293 e. The molecule has 0 radical (unpaired) electrons. The molecule has 1 aliphatic rings. The Kier molecular flexibility index (Phi) is 6.64. The van der Waals surface area contributed by atoms with Gasteiger partial charge in [0.25, 0.3) is 0 Å². The molecule has 2 heterocycles. The van der Waals surface area contributed by atoms with Gasteiger partial charge in [0.15, 0.2) is 0 Å². The molecule has 2 nitrogen and oxygen atoms in total. The topological polar surface area (TPSA) is 17.8 Å². The average Bonchev–Trinajstić information content (AvgIpc) is 3.48. The smallest absolute Gasteiger partial charge is 0.244 e. The first kappa shape index (κ1) is 29.5. The van der Waals surface area contributed by atoms with Gasteiger partial charge in [0, 0.05) is 22.4 Å². The van der Waals surface area contributed by atoms with Crippen LogP contribution < -0.4 is 16.4 Å². The highest BCUT2D eigenvalue weighted by atomic mass is 15.1. The number of pyridine rings is 1. The van der Waals surface area contributed by atoms with Crippen LogP contribution in [0, 0.1) is 41.5 Å². The maximum atomic E-state index is 5.33. The molecule has 47 heavy (non-hydrogen) atoms. The van der Waals surface area contributed by atoms with Crippen LogP contribution in [0.25, 0.3) is 38.8 Å². The van der Waals surface area contributed by atoms with Gasteiger partial charge in [-0.3, -0.25) is 4.57 Å². The molecule has 0 fully saturated rings. The maximum Gasteiger partial charge on any atom is 0.244 e. The second kappa shape index (κ2) is 10.6. The van der Waals surface area contributed by atoms with E-state index in [0.717, 1.165) is 5.82 Å². The van der Waals surface area contributed by atoms with Gasteiger partial charge in [0.05, 0.1) is 11.0 Å². The summed E-state index contributed by atoms with van der Waals surface area (Å²) in [6, 6.07) is 36.3. The van der Waals surface area contributed by atoms with Gasteiger partial charge in [-0.05, 0) is 75.9 Å². The lowest BCUT2D eigenvalue weighted by molar-refractivity contribution is 0.663. The summed E-state index contributed by atoms with van der Waals surface area (Å²) in [5.74, 6) is 0.952. The van der Waals surface area contributed by atoms with Crippen molar-refractivity contribution in [3.63, 3.8) is 0 Å². The summed E-state index contributed by atoms with van der Waals surface area (Å²) in [5, 5.41) is 2.54. The summed E-state index contributed by atoms with van der Waals surface area (Å²) in [6.07, 6.45) is 2.14. The molecule has 2 aromatic heterocycles. The molecule has 230 valence electrons. The predicted molar refractivity (Wildman–Crippen MR) is 202 cm³/mol. The van der Waals surface area contributed by atoms with Crippen molar-refractivity contribution in [3.8, 4) is 16.9 Å². The Bertz CT molecular complexity index is 2290. The molecule has 0 amide bonds. The normalized spacial score (nSPS) is 13.3. The Labute approximate surface area is 279 Å². The van der Waals surface area contributed by atoms with Crippen LogP contribution in [0.15, 0.2) is 103 Å². The summed E-state index contributed by atoms with van der Waals surface area (Å²) in [4.78, 5) is 5.33. The molecule has 0 saturated carbocycles. The van der Waals surface area contributed by atoms with Gasteiger partial charge in [0.2, 0.25) is 6.71 Å². The molecular formula is C44H41BN2. The van der Waals surface area contributed by atoms with E-state index < -0.39 is 0 Å². The molecular weight excluding hydrogens is 567 g/mol. The molecule has 0 spiro atoms. The summed E-state index contributed by atoms with van der Waals surface area (Å²) >= 11 is 0. The number of para-hydroxylation sites is 1. The van der Waals surface area contributed by atoms with Crippen molar-refractivity contribution in [2.45, 2.75) is 60.8 Å². The minimum atomic E-state index is -0.135. The van der Waals surface area contributed by atoms with Gasteiger partial charge in [-0.25, -0.2) is 4.98 Å². The lowest BCUT2D eigenvalue weighted by Gasteiger charge is -2.25. The van der Waals surface area contributed by atoms with Crippen molar-refractivity contribution >= 4 is 44.9 Å². The number of hydrogen-bond donors (Lipinski definition) is 0. The van der Waals surface area contributed by atoms with Gasteiger partial charge < -0.3 is 0 Å². The van der Waals surface area contributed by atoms with Crippen LogP contribution in [0.5, 0.6) is 0 Å². The van der Waals surface area contributed by atoms with Crippen LogP contribution in [0.4, 0.5) is 0 Å². The van der Waals surface area contributed by atoms with E-state index >= 15 is 0 Å². The van der Waals surface area contributed by atoms with Crippen molar-refractivity contribution < 1.29 is 0 Å². The van der Waals surface area contributed by atoms with Gasteiger partial charge in [0.1, 0.15) is 5.82 Å². The summed E-state index contributed by atoms with van der Waals surface area (Å²) < 4.78 is 2.42. The van der Waals surface area contributed by atoms with E-state index in [1.807, 2.05) is 0 Å². The average molecular weight is 609 g/mol. The van der Waals surface area contributed by atoms with E-state index in [1.54, 1.807) is 0 Å². The largest absolute Gasteiger partial charge is 0.293 e. The highest BCUT2D eigenvalue weighted by Crippen LogP contribution is 2.52. The van der Waals surface area contributed by atoms with Gasteiger partial charge in [-0.15, -0.1) is 0 Å². The van der Waals surface area contributed by atoms with E-state index in [0.29, 0.717) is 0 Å². The molecule has 5 aromatic carbocycles. The van der Waals surface area contributed by atoms with Crippen LogP contribution in [0.1, 0.15) is 58.4 Å². The van der Waals surface area contributed by atoms with Crippen LogP contribution in [-0.2, 0) is 5.41 Å². The van der Waals surface area contributed by atoms with Crippen molar-refractivity contribution in [3.05, 3.63) is 148 Å². The second-order valence-electron chi connectivity index (χ2n) is 14.4. The van der Waals surface area contributed by atoms with E-state index in [-0.39, 0.29) is 12.1 Å². The first-order valence-corrected chi connectivity index (χ1v) is 16.8. The Morgan fingerprint density at radius 2 is 1.19 bits per heavy atom. The third-order valence-electron chi connectivity index (χ3n) is 10.7. The Hall–Kier alpha value is -4.89.